The minimum absolute atomic E-state index is 0.117. The van der Waals surface area contributed by atoms with Crippen molar-refractivity contribution in [1.82, 2.24) is 4.31 Å². The average Bonchev–Trinajstić information content (AvgIpc) is 2.76. The molecule has 1 amide bonds. The molecule has 0 atom stereocenters. The second kappa shape index (κ2) is 10.8. The van der Waals surface area contributed by atoms with Crippen LogP contribution < -0.4 is 5.32 Å². The summed E-state index contributed by atoms with van der Waals surface area (Å²) in [5, 5.41) is 2.73. The van der Waals surface area contributed by atoms with E-state index in [0.717, 1.165) is 11.1 Å². The lowest BCUT2D eigenvalue weighted by molar-refractivity contribution is -0.116. The molecule has 7 heteroatoms. The second-order valence-corrected chi connectivity index (χ2v) is 10.4. The Balaban J connectivity index is 1.89. The number of hydrogen-bond acceptors (Lipinski definition) is 4. The molecule has 0 unspecified atom stereocenters. The normalized spacial score (nSPS) is 11.4. The van der Waals surface area contributed by atoms with Crippen molar-refractivity contribution >= 4 is 27.4 Å². The van der Waals surface area contributed by atoms with E-state index in [-0.39, 0.29) is 23.8 Å². The molecule has 0 aliphatic heterocycles. The van der Waals surface area contributed by atoms with Gasteiger partial charge in [-0.3, -0.25) is 9.59 Å². The van der Waals surface area contributed by atoms with Crippen LogP contribution in [0, 0.1) is 20.8 Å². The van der Waals surface area contributed by atoms with E-state index in [9.17, 15) is 18.0 Å². The predicted octanol–water partition coefficient (Wildman–Crippen LogP) is 4.69. The van der Waals surface area contributed by atoms with Crippen LogP contribution in [0.25, 0.3) is 0 Å². The summed E-state index contributed by atoms with van der Waals surface area (Å²) in [6.45, 7) is 6.73. The van der Waals surface area contributed by atoms with Gasteiger partial charge in [-0.2, -0.15) is 4.31 Å². The molecule has 3 aromatic rings. The van der Waals surface area contributed by atoms with Crippen molar-refractivity contribution in [2.45, 2.75) is 39.0 Å². The van der Waals surface area contributed by atoms with Gasteiger partial charge in [0.2, 0.25) is 15.9 Å². The van der Waals surface area contributed by atoms with Crippen molar-refractivity contribution in [2.24, 2.45) is 0 Å². The van der Waals surface area contributed by atoms with Crippen molar-refractivity contribution in [3.63, 3.8) is 0 Å². The maximum absolute atomic E-state index is 13.7. The summed E-state index contributed by atoms with van der Waals surface area (Å²) in [6.07, 6.45) is 0.469. The van der Waals surface area contributed by atoms with Gasteiger partial charge in [0.1, 0.15) is 0 Å². The van der Waals surface area contributed by atoms with E-state index in [0.29, 0.717) is 28.8 Å². The Morgan fingerprint density at radius 3 is 2.15 bits per heavy atom. The van der Waals surface area contributed by atoms with Crippen LogP contribution in [0.2, 0.25) is 0 Å². The molecule has 0 saturated carbocycles. The Hall–Kier alpha value is -3.29. The van der Waals surface area contributed by atoms with Gasteiger partial charge in [0, 0.05) is 17.8 Å². The Morgan fingerprint density at radius 2 is 1.53 bits per heavy atom. The molecule has 3 rings (SSSR count). The number of Topliss-reactive ketones (excluding diaryl/α,β-unsaturated/α-hetero) is 1. The SMILES string of the molecule is CC(=O)c1cccc(NC(=O)CN(CCc2ccccc2)S(=O)(=O)c2c(C)cc(C)cc2C)c1. The predicted molar refractivity (Wildman–Crippen MR) is 135 cm³/mol. The number of aryl methyl sites for hydroxylation is 3. The second-order valence-electron chi connectivity index (χ2n) is 8.49. The van der Waals surface area contributed by atoms with Gasteiger partial charge in [-0.05, 0) is 62.9 Å². The van der Waals surface area contributed by atoms with Gasteiger partial charge >= 0.3 is 0 Å². The molecule has 6 nitrogen and oxygen atoms in total. The smallest absolute Gasteiger partial charge is 0.244 e. The standard InChI is InChI=1S/C27H30N2O4S/c1-19-15-20(2)27(21(3)16-19)34(32,33)29(14-13-23-9-6-5-7-10-23)18-26(31)28-25-12-8-11-24(17-25)22(4)30/h5-12,15-17H,13-14,18H2,1-4H3,(H,28,31). The molecule has 34 heavy (non-hydrogen) atoms. The first-order valence-electron chi connectivity index (χ1n) is 11.1. The van der Waals surface area contributed by atoms with Crippen LogP contribution >= 0.6 is 0 Å². The molecule has 0 bridgehead atoms. The number of carbonyl (C=O) groups is 2. The third-order valence-electron chi connectivity index (χ3n) is 5.57. The molecule has 1 N–H and O–H groups in total. The first-order valence-corrected chi connectivity index (χ1v) is 12.5. The maximum Gasteiger partial charge on any atom is 0.244 e. The number of sulfonamides is 1. The van der Waals surface area contributed by atoms with Crippen LogP contribution in [0.5, 0.6) is 0 Å². The van der Waals surface area contributed by atoms with Gasteiger partial charge in [0.25, 0.3) is 0 Å². The summed E-state index contributed by atoms with van der Waals surface area (Å²) in [6, 6.07) is 19.8. The highest BCUT2D eigenvalue weighted by atomic mass is 32.2. The lowest BCUT2D eigenvalue weighted by atomic mass is 10.1. The van der Waals surface area contributed by atoms with Crippen LogP contribution in [0.1, 0.15) is 39.5 Å². The first-order chi connectivity index (χ1) is 16.1. The van der Waals surface area contributed by atoms with Crippen molar-refractivity contribution in [2.75, 3.05) is 18.4 Å². The van der Waals surface area contributed by atoms with Gasteiger partial charge < -0.3 is 5.32 Å². The summed E-state index contributed by atoms with van der Waals surface area (Å²) in [4.78, 5) is 24.8. The Morgan fingerprint density at radius 1 is 0.882 bits per heavy atom. The molecule has 3 aromatic carbocycles. The topological polar surface area (TPSA) is 83.6 Å². The summed E-state index contributed by atoms with van der Waals surface area (Å²) in [7, 11) is -3.94. The van der Waals surface area contributed by atoms with Crippen molar-refractivity contribution in [3.05, 3.63) is 94.5 Å². The number of hydrogen-bond donors (Lipinski definition) is 1. The third kappa shape index (κ3) is 6.18. The van der Waals surface area contributed by atoms with Crippen LogP contribution in [0.3, 0.4) is 0 Å². The van der Waals surface area contributed by atoms with Gasteiger partial charge in [-0.1, -0.05) is 60.2 Å². The van der Waals surface area contributed by atoms with Crippen molar-refractivity contribution in [1.29, 1.82) is 0 Å². The van der Waals surface area contributed by atoms with Gasteiger partial charge in [0.05, 0.1) is 11.4 Å². The summed E-state index contributed by atoms with van der Waals surface area (Å²) < 4.78 is 28.7. The fraction of sp³-hybridized carbons (Fsp3) is 0.259. The Bertz CT molecular complexity index is 1280. The number of rotatable bonds is 9. The fourth-order valence-corrected chi connectivity index (χ4v) is 5.87. The van der Waals surface area contributed by atoms with E-state index in [1.54, 1.807) is 38.1 Å². The maximum atomic E-state index is 13.7. The summed E-state index contributed by atoms with van der Waals surface area (Å²) >= 11 is 0. The summed E-state index contributed by atoms with van der Waals surface area (Å²) in [5.74, 6) is -0.590. The van der Waals surface area contributed by atoms with E-state index in [2.05, 4.69) is 5.32 Å². The molecular formula is C27H30N2O4S. The lowest BCUT2D eigenvalue weighted by Crippen LogP contribution is -2.39. The van der Waals surface area contributed by atoms with Gasteiger partial charge in [-0.15, -0.1) is 0 Å². The van der Waals surface area contributed by atoms with E-state index >= 15 is 0 Å². The lowest BCUT2D eigenvalue weighted by Gasteiger charge is -2.24. The van der Waals surface area contributed by atoms with E-state index in [1.807, 2.05) is 49.4 Å². The number of carbonyl (C=O) groups excluding carboxylic acids is 2. The third-order valence-corrected chi connectivity index (χ3v) is 7.72. The minimum atomic E-state index is -3.94. The van der Waals surface area contributed by atoms with E-state index in [1.165, 1.54) is 11.2 Å². The first kappa shape index (κ1) is 25.3. The van der Waals surface area contributed by atoms with E-state index < -0.39 is 15.9 Å². The molecule has 178 valence electrons. The highest BCUT2D eigenvalue weighted by Gasteiger charge is 2.29. The van der Waals surface area contributed by atoms with Crippen molar-refractivity contribution < 1.29 is 18.0 Å². The monoisotopic (exact) mass is 478 g/mol. The molecule has 0 spiro atoms. The Labute approximate surface area is 201 Å². The molecule has 0 radical (unpaired) electrons. The van der Waals surface area contributed by atoms with Crippen LogP contribution in [-0.2, 0) is 21.2 Å². The van der Waals surface area contributed by atoms with Crippen LogP contribution in [0.4, 0.5) is 5.69 Å². The average molecular weight is 479 g/mol. The van der Waals surface area contributed by atoms with Crippen LogP contribution in [-0.4, -0.2) is 37.5 Å². The van der Waals surface area contributed by atoms with Crippen LogP contribution in [0.15, 0.2) is 71.6 Å². The minimum Gasteiger partial charge on any atom is -0.325 e. The van der Waals surface area contributed by atoms with Gasteiger partial charge in [0.15, 0.2) is 5.78 Å². The zero-order chi connectivity index (χ0) is 24.9. The number of nitrogens with one attached hydrogen (secondary N) is 1. The molecule has 0 aromatic heterocycles. The Kier molecular flexibility index (Phi) is 8.02. The number of benzene rings is 3. The van der Waals surface area contributed by atoms with E-state index in [4.69, 9.17) is 0 Å². The molecule has 0 fully saturated rings. The largest absolute Gasteiger partial charge is 0.325 e. The number of anilines is 1. The summed E-state index contributed by atoms with van der Waals surface area (Å²) in [5.41, 5.74) is 4.18. The van der Waals surface area contributed by atoms with Crippen molar-refractivity contribution in [3.8, 4) is 0 Å². The quantitative estimate of drug-likeness (QED) is 0.453. The highest BCUT2D eigenvalue weighted by Crippen LogP contribution is 2.26. The van der Waals surface area contributed by atoms with Gasteiger partial charge in [-0.25, -0.2) is 8.42 Å². The molecule has 0 aliphatic carbocycles. The fourth-order valence-electron chi connectivity index (χ4n) is 4.06. The molecule has 0 saturated heterocycles. The number of nitrogens with zero attached hydrogens (tertiary/aromatic N) is 1. The zero-order valence-electron chi connectivity index (χ0n) is 20.0. The molecule has 0 heterocycles. The number of amides is 1. The molecular weight excluding hydrogens is 448 g/mol. The number of ketones is 1. The highest BCUT2D eigenvalue weighted by molar-refractivity contribution is 7.89. The zero-order valence-corrected chi connectivity index (χ0v) is 20.8. The molecule has 0 aliphatic rings.